The number of thioether (sulfide) groups is 1. The number of nitrogens with one attached hydrogen (secondary N) is 2. The molecule has 0 radical (unpaired) electrons. The first-order chi connectivity index (χ1) is 13.3. The lowest BCUT2D eigenvalue weighted by atomic mass is 9.92. The molecule has 9 heteroatoms. The molecule has 2 saturated heterocycles. The number of carbonyl (C=O) groups excluding carboxylic acids is 1. The second kappa shape index (κ2) is 11.3. The summed E-state index contributed by atoms with van der Waals surface area (Å²) in [5, 5.41) is 36.3. The van der Waals surface area contributed by atoms with Crippen LogP contribution in [-0.2, 0) is 9.53 Å². The number of amides is 1. The first-order valence-corrected chi connectivity index (χ1v) is 11.9. The number of hydrogen-bond acceptors (Lipinski definition) is 7. The molecular formula is C19H35ClN2O5S. The Morgan fingerprint density at radius 2 is 2.00 bits per heavy atom. The molecule has 7 nitrogen and oxygen atoms in total. The van der Waals surface area contributed by atoms with Gasteiger partial charge in [-0.25, -0.2) is 0 Å². The van der Waals surface area contributed by atoms with Crippen molar-refractivity contribution in [2.75, 3.05) is 12.8 Å². The van der Waals surface area contributed by atoms with E-state index in [2.05, 4.69) is 17.6 Å². The van der Waals surface area contributed by atoms with E-state index in [1.165, 1.54) is 31.0 Å². The number of halogens is 1. The van der Waals surface area contributed by atoms with Crippen LogP contribution in [0.1, 0.15) is 46.0 Å². The zero-order valence-corrected chi connectivity index (χ0v) is 18.5. The van der Waals surface area contributed by atoms with Crippen LogP contribution in [0.25, 0.3) is 0 Å². The predicted octanol–water partition coefficient (Wildman–Crippen LogP) is 0.828. The zero-order chi connectivity index (χ0) is 20.8. The molecule has 0 unspecified atom stereocenters. The van der Waals surface area contributed by atoms with Crippen molar-refractivity contribution in [2.45, 2.75) is 93.3 Å². The molecule has 9 atom stereocenters. The van der Waals surface area contributed by atoms with E-state index in [0.29, 0.717) is 5.92 Å². The molecule has 164 valence electrons. The number of unbranched alkanes of at least 4 members (excludes halogenated alkanes) is 2. The molecule has 1 amide bonds. The van der Waals surface area contributed by atoms with Gasteiger partial charge in [-0.1, -0.05) is 26.2 Å². The van der Waals surface area contributed by atoms with Crippen LogP contribution < -0.4 is 10.6 Å². The van der Waals surface area contributed by atoms with Crippen molar-refractivity contribution < 1.29 is 24.9 Å². The van der Waals surface area contributed by atoms with E-state index < -0.39 is 41.3 Å². The zero-order valence-electron chi connectivity index (χ0n) is 16.9. The molecule has 0 aliphatic carbocycles. The number of aliphatic hydroxyl groups excluding tert-OH is 3. The molecule has 2 rings (SSSR count). The van der Waals surface area contributed by atoms with Gasteiger partial charge in [0.2, 0.25) is 5.91 Å². The lowest BCUT2D eigenvalue weighted by Crippen LogP contribution is -2.65. The lowest BCUT2D eigenvalue weighted by molar-refractivity contribution is -0.205. The average Bonchev–Trinajstić information content (AvgIpc) is 3.14. The average molecular weight is 439 g/mol. The highest BCUT2D eigenvalue weighted by atomic mass is 35.5. The monoisotopic (exact) mass is 438 g/mol. The van der Waals surface area contributed by atoms with Gasteiger partial charge in [0.25, 0.3) is 0 Å². The Balaban J connectivity index is 1.98. The van der Waals surface area contributed by atoms with Gasteiger partial charge in [0.15, 0.2) is 0 Å². The van der Waals surface area contributed by atoms with Gasteiger partial charge < -0.3 is 30.7 Å². The van der Waals surface area contributed by atoms with E-state index in [1.54, 1.807) is 13.2 Å². The maximum Gasteiger partial charge on any atom is 0.237 e. The molecule has 2 aliphatic heterocycles. The second-order valence-corrected chi connectivity index (χ2v) is 9.57. The van der Waals surface area contributed by atoms with Gasteiger partial charge in [-0.15, -0.1) is 23.4 Å². The fourth-order valence-corrected chi connectivity index (χ4v) is 4.89. The number of ether oxygens (including phenoxy) is 1. The van der Waals surface area contributed by atoms with Crippen LogP contribution in [0.15, 0.2) is 0 Å². The first kappa shape index (κ1) is 24.2. The third-order valence-electron chi connectivity index (χ3n) is 5.75. The number of carbonyl (C=O) groups is 1. The fraction of sp³-hybridized carbons (Fsp3) is 0.947. The van der Waals surface area contributed by atoms with Crippen LogP contribution in [-0.4, -0.2) is 81.3 Å². The summed E-state index contributed by atoms with van der Waals surface area (Å²) in [4.78, 5) is 12.8. The largest absolute Gasteiger partial charge is 0.388 e. The maximum absolute atomic E-state index is 12.8. The van der Waals surface area contributed by atoms with E-state index in [-0.39, 0.29) is 11.9 Å². The van der Waals surface area contributed by atoms with Gasteiger partial charge in [0.1, 0.15) is 29.9 Å². The Morgan fingerprint density at radius 3 is 2.61 bits per heavy atom. The van der Waals surface area contributed by atoms with Crippen LogP contribution in [0.5, 0.6) is 0 Å². The third kappa shape index (κ3) is 5.97. The van der Waals surface area contributed by atoms with Gasteiger partial charge in [-0.3, -0.25) is 4.79 Å². The summed E-state index contributed by atoms with van der Waals surface area (Å²) in [6, 6.07) is -0.987. The third-order valence-corrected chi connectivity index (χ3v) is 6.88. The first-order valence-electron chi connectivity index (χ1n) is 10.2. The molecule has 0 spiro atoms. The molecule has 0 saturated carbocycles. The Morgan fingerprint density at radius 1 is 1.29 bits per heavy atom. The molecule has 2 fully saturated rings. The molecule has 0 aromatic carbocycles. The van der Waals surface area contributed by atoms with Crippen LogP contribution in [0.3, 0.4) is 0 Å². The minimum atomic E-state index is -1.36. The van der Waals surface area contributed by atoms with Crippen molar-refractivity contribution >= 4 is 29.3 Å². The van der Waals surface area contributed by atoms with E-state index in [4.69, 9.17) is 16.3 Å². The maximum atomic E-state index is 12.8. The smallest absolute Gasteiger partial charge is 0.237 e. The highest BCUT2D eigenvalue weighted by Crippen LogP contribution is 2.30. The summed E-state index contributed by atoms with van der Waals surface area (Å²) in [6.45, 7) is 4.71. The summed E-state index contributed by atoms with van der Waals surface area (Å²) in [6.07, 6.45) is 2.39. The quantitative estimate of drug-likeness (QED) is 0.268. The van der Waals surface area contributed by atoms with Crippen molar-refractivity contribution in [3.63, 3.8) is 0 Å². The van der Waals surface area contributed by atoms with Gasteiger partial charge in [0, 0.05) is 0 Å². The minimum Gasteiger partial charge on any atom is -0.388 e. The standard InChI is InChI=1S/C19H35ClN2O5S/c1-4-5-6-7-11-8-12(21-9-11)18(26)22-13(10(2)20)17-15(24)14(23)16(25)19(27-17)28-3/h10-17,19,21,23-25H,4-9H2,1-3H3,(H,22,26)/t10-,11+,12-,13+,14-,15+,16+,17+,19+/m0/s1. The topological polar surface area (TPSA) is 111 Å². The van der Waals surface area contributed by atoms with Crippen molar-refractivity contribution in [1.82, 2.24) is 10.6 Å². The van der Waals surface area contributed by atoms with Crippen LogP contribution >= 0.6 is 23.4 Å². The summed E-state index contributed by atoms with van der Waals surface area (Å²) < 4.78 is 5.79. The molecule has 0 aromatic heterocycles. The number of aliphatic hydroxyl groups is 3. The summed E-state index contributed by atoms with van der Waals surface area (Å²) in [5.41, 5.74) is -0.703. The molecule has 28 heavy (non-hydrogen) atoms. The number of hydrogen-bond donors (Lipinski definition) is 5. The summed E-state index contributed by atoms with van der Waals surface area (Å²) in [7, 11) is 0. The Labute approximate surface area is 176 Å². The van der Waals surface area contributed by atoms with E-state index >= 15 is 0 Å². The van der Waals surface area contributed by atoms with Crippen LogP contribution in [0, 0.1) is 5.92 Å². The summed E-state index contributed by atoms with van der Waals surface area (Å²) in [5.74, 6) is 0.316. The predicted molar refractivity (Wildman–Crippen MR) is 111 cm³/mol. The highest BCUT2D eigenvalue weighted by molar-refractivity contribution is 7.99. The molecule has 2 heterocycles. The lowest BCUT2D eigenvalue weighted by Gasteiger charge is -2.44. The van der Waals surface area contributed by atoms with Crippen LogP contribution in [0.2, 0.25) is 0 Å². The molecule has 0 aromatic rings. The minimum absolute atomic E-state index is 0.174. The van der Waals surface area contributed by atoms with Crippen LogP contribution in [0.4, 0.5) is 0 Å². The van der Waals surface area contributed by atoms with Crippen molar-refractivity contribution in [1.29, 1.82) is 0 Å². The molecular weight excluding hydrogens is 404 g/mol. The highest BCUT2D eigenvalue weighted by Gasteiger charge is 2.48. The fourth-order valence-electron chi connectivity index (χ4n) is 4.00. The normalized spacial score (nSPS) is 38.2. The number of alkyl halides is 1. The van der Waals surface area contributed by atoms with Crippen molar-refractivity contribution in [3.8, 4) is 0 Å². The van der Waals surface area contributed by atoms with Gasteiger partial charge >= 0.3 is 0 Å². The molecule has 5 N–H and O–H groups in total. The Bertz CT molecular complexity index is 499. The SMILES string of the molecule is CCCCC[C@H]1CN[C@H](C(=O)N[C@@H]([C@H]2O[C@H](SC)[C@H](O)[C@@H](O)[C@H]2O)[C@H](C)Cl)C1. The van der Waals surface area contributed by atoms with Gasteiger partial charge in [0.05, 0.1) is 17.5 Å². The van der Waals surface area contributed by atoms with Crippen molar-refractivity contribution in [3.05, 3.63) is 0 Å². The molecule has 2 aliphatic rings. The van der Waals surface area contributed by atoms with Crippen molar-refractivity contribution in [2.24, 2.45) is 5.92 Å². The van der Waals surface area contributed by atoms with E-state index in [0.717, 1.165) is 19.4 Å². The number of rotatable bonds is 9. The second-order valence-electron chi connectivity index (χ2n) is 7.95. The Kier molecular flexibility index (Phi) is 9.80. The van der Waals surface area contributed by atoms with Gasteiger partial charge in [-0.2, -0.15) is 0 Å². The molecule has 0 bridgehead atoms. The van der Waals surface area contributed by atoms with Gasteiger partial charge in [-0.05, 0) is 38.5 Å². The van der Waals surface area contributed by atoms with E-state index in [9.17, 15) is 20.1 Å². The Hall–Kier alpha value is -0.0900. The summed E-state index contributed by atoms with van der Waals surface area (Å²) >= 11 is 7.54. The van der Waals surface area contributed by atoms with E-state index in [1.807, 2.05) is 0 Å².